The van der Waals surface area contributed by atoms with E-state index in [9.17, 15) is 0 Å². The third-order valence-corrected chi connectivity index (χ3v) is 2.43. The predicted octanol–water partition coefficient (Wildman–Crippen LogP) is -0.130. The Labute approximate surface area is 111 Å². The van der Waals surface area contributed by atoms with Crippen molar-refractivity contribution in [3.05, 3.63) is 25.2 Å². The van der Waals surface area contributed by atoms with E-state index >= 15 is 0 Å². The smallest absolute Gasteiger partial charge is 0.224 e. The van der Waals surface area contributed by atoms with Crippen LogP contribution in [0.3, 0.4) is 0 Å². The van der Waals surface area contributed by atoms with Gasteiger partial charge in [0.05, 0.1) is 18.9 Å². The third-order valence-electron chi connectivity index (χ3n) is 2.43. The molecule has 0 spiro atoms. The van der Waals surface area contributed by atoms with Crippen LogP contribution in [0.5, 0.6) is 0 Å². The van der Waals surface area contributed by atoms with Gasteiger partial charge in [-0.3, -0.25) is 0 Å². The number of aromatic amines is 2. The summed E-state index contributed by atoms with van der Waals surface area (Å²) in [5, 5.41) is 0. The molecule has 0 aliphatic heterocycles. The number of H-pyrrole nitrogens is 2. The van der Waals surface area contributed by atoms with Gasteiger partial charge >= 0.3 is 0 Å². The molecule has 4 heterocycles. The predicted molar refractivity (Wildman–Crippen MR) is 72.2 cm³/mol. The maximum atomic E-state index is 5.50. The number of nitrogens with zero attached hydrogens (tertiary/aromatic N) is 6. The van der Waals surface area contributed by atoms with Crippen molar-refractivity contribution in [3.8, 4) is 0 Å². The molecule has 4 aromatic rings. The lowest BCUT2D eigenvalue weighted by molar-refractivity contribution is 1.20. The first-order valence-corrected chi connectivity index (χ1v) is 5.55. The lowest BCUT2D eigenvalue weighted by Gasteiger charge is -1.94. The Morgan fingerprint density at radius 3 is 2.55 bits per heavy atom. The molecular weight excluding hydrogens is 260 g/mol. The van der Waals surface area contributed by atoms with Crippen LogP contribution in [0.4, 0.5) is 11.8 Å². The van der Waals surface area contributed by atoms with E-state index in [4.69, 9.17) is 11.5 Å². The first-order valence-electron chi connectivity index (χ1n) is 5.55. The molecule has 10 heteroatoms. The molecule has 0 aromatic carbocycles. The zero-order valence-corrected chi connectivity index (χ0v) is 10.1. The number of hydrogen-bond donors (Lipinski definition) is 4. The lowest BCUT2D eigenvalue weighted by atomic mass is 10.5. The summed E-state index contributed by atoms with van der Waals surface area (Å²) in [6.45, 7) is 0. The van der Waals surface area contributed by atoms with Crippen LogP contribution in [0.25, 0.3) is 22.3 Å². The summed E-state index contributed by atoms with van der Waals surface area (Å²) in [5.41, 5.74) is 13.5. The SMILES string of the molecule is Nc1nc(N)c2[nH]cnc2n1.c1ncc2[nH]cnc2n1. The monoisotopic (exact) mass is 270 g/mol. The molecule has 0 saturated carbocycles. The minimum atomic E-state index is 0.141. The zero-order chi connectivity index (χ0) is 13.9. The fourth-order valence-corrected chi connectivity index (χ4v) is 1.56. The van der Waals surface area contributed by atoms with E-state index in [2.05, 4.69) is 39.9 Å². The van der Waals surface area contributed by atoms with Gasteiger partial charge in [-0.05, 0) is 0 Å². The van der Waals surface area contributed by atoms with Gasteiger partial charge in [-0.2, -0.15) is 9.97 Å². The van der Waals surface area contributed by atoms with Gasteiger partial charge in [-0.15, -0.1) is 0 Å². The van der Waals surface area contributed by atoms with Gasteiger partial charge < -0.3 is 21.4 Å². The molecule has 0 saturated heterocycles. The molecule has 0 aliphatic rings. The number of anilines is 2. The fraction of sp³-hybridized carbons (Fsp3) is 0. The summed E-state index contributed by atoms with van der Waals surface area (Å²) in [5.74, 6) is 0.465. The van der Waals surface area contributed by atoms with Crippen LogP contribution in [0, 0.1) is 0 Å². The molecule has 4 aromatic heterocycles. The molecule has 0 aliphatic carbocycles. The average molecular weight is 270 g/mol. The lowest BCUT2D eigenvalue weighted by Crippen LogP contribution is -1.99. The molecule has 0 atom stereocenters. The van der Waals surface area contributed by atoms with Crippen molar-refractivity contribution >= 4 is 34.1 Å². The number of nitrogen functional groups attached to an aromatic ring is 2. The van der Waals surface area contributed by atoms with Crippen LogP contribution in [-0.2, 0) is 0 Å². The molecule has 0 bridgehead atoms. The van der Waals surface area contributed by atoms with Gasteiger partial charge in [0, 0.05) is 0 Å². The number of aromatic nitrogens is 8. The van der Waals surface area contributed by atoms with Gasteiger partial charge in [-0.25, -0.2) is 19.9 Å². The Bertz CT molecular complexity index is 817. The summed E-state index contributed by atoms with van der Waals surface area (Å²) >= 11 is 0. The summed E-state index contributed by atoms with van der Waals surface area (Å²) < 4.78 is 0. The number of nitrogens with two attached hydrogens (primary N) is 2. The van der Waals surface area contributed by atoms with Crippen molar-refractivity contribution in [1.82, 2.24) is 39.9 Å². The van der Waals surface area contributed by atoms with E-state index in [0.29, 0.717) is 22.6 Å². The zero-order valence-electron chi connectivity index (χ0n) is 10.1. The first-order chi connectivity index (χ1) is 9.74. The van der Waals surface area contributed by atoms with E-state index in [1.807, 2.05) is 0 Å². The van der Waals surface area contributed by atoms with E-state index in [-0.39, 0.29) is 5.95 Å². The second kappa shape index (κ2) is 4.76. The molecule has 4 rings (SSSR count). The summed E-state index contributed by atoms with van der Waals surface area (Å²) in [6.07, 6.45) is 6.26. The minimum Gasteiger partial charge on any atom is -0.382 e. The largest absolute Gasteiger partial charge is 0.382 e. The number of imidazole rings is 2. The quantitative estimate of drug-likeness (QED) is 0.343. The van der Waals surface area contributed by atoms with Gasteiger partial charge in [0.15, 0.2) is 17.1 Å². The molecular formula is C10H10N10. The maximum Gasteiger partial charge on any atom is 0.224 e. The fourth-order valence-electron chi connectivity index (χ4n) is 1.56. The van der Waals surface area contributed by atoms with Crippen molar-refractivity contribution in [2.75, 3.05) is 11.5 Å². The minimum absolute atomic E-state index is 0.141. The summed E-state index contributed by atoms with van der Waals surface area (Å²) in [6, 6.07) is 0. The van der Waals surface area contributed by atoms with Crippen LogP contribution in [0.2, 0.25) is 0 Å². The Balaban J connectivity index is 0.000000123. The molecule has 20 heavy (non-hydrogen) atoms. The second-order valence-corrected chi connectivity index (χ2v) is 3.73. The molecule has 6 N–H and O–H groups in total. The highest BCUT2D eigenvalue weighted by atomic mass is 15.1. The number of hydrogen-bond acceptors (Lipinski definition) is 8. The molecule has 0 unspecified atom stereocenters. The van der Waals surface area contributed by atoms with Gasteiger partial charge in [0.1, 0.15) is 17.4 Å². The van der Waals surface area contributed by atoms with Gasteiger partial charge in [0.25, 0.3) is 0 Å². The number of nitrogens with one attached hydrogen (secondary N) is 2. The molecule has 100 valence electrons. The molecule has 10 nitrogen and oxygen atoms in total. The van der Waals surface area contributed by atoms with Crippen LogP contribution >= 0.6 is 0 Å². The van der Waals surface area contributed by atoms with Gasteiger partial charge in [0.2, 0.25) is 5.95 Å². The first kappa shape index (κ1) is 11.8. The topological polar surface area (TPSA) is 161 Å². The van der Waals surface area contributed by atoms with Crippen LogP contribution < -0.4 is 11.5 Å². The number of rotatable bonds is 0. The Morgan fingerprint density at radius 2 is 1.70 bits per heavy atom. The van der Waals surface area contributed by atoms with E-state index in [1.165, 1.54) is 12.7 Å². The highest BCUT2D eigenvalue weighted by Crippen LogP contribution is 2.12. The Kier molecular flexibility index (Phi) is 2.80. The Morgan fingerprint density at radius 1 is 0.900 bits per heavy atom. The van der Waals surface area contributed by atoms with E-state index in [1.54, 1.807) is 12.5 Å². The van der Waals surface area contributed by atoms with Crippen molar-refractivity contribution in [3.63, 3.8) is 0 Å². The Hall–Kier alpha value is -3.30. The molecule has 0 fully saturated rings. The van der Waals surface area contributed by atoms with E-state index < -0.39 is 0 Å². The molecule has 0 amide bonds. The van der Waals surface area contributed by atoms with Crippen LogP contribution in [-0.4, -0.2) is 39.9 Å². The number of fused-ring (bicyclic) bond motifs is 2. The van der Waals surface area contributed by atoms with Crippen molar-refractivity contribution in [1.29, 1.82) is 0 Å². The van der Waals surface area contributed by atoms with Crippen LogP contribution in [0.15, 0.2) is 25.2 Å². The molecule has 0 radical (unpaired) electrons. The van der Waals surface area contributed by atoms with Gasteiger partial charge in [-0.1, -0.05) is 0 Å². The van der Waals surface area contributed by atoms with Crippen LogP contribution in [0.1, 0.15) is 0 Å². The summed E-state index contributed by atoms with van der Waals surface area (Å²) in [7, 11) is 0. The maximum absolute atomic E-state index is 5.50. The normalized spacial score (nSPS) is 10.4. The van der Waals surface area contributed by atoms with Crippen molar-refractivity contribution in [2.24, 2.45) is 0 Å². The second-order valence-electron chi connectivity index (χ2n) is 3.73. The summed E-state index contributed by atoms with van der Waals surface area (Å²) in [4.78, 5) is 28.7. The van der Waals surface area contributed by atoms with E-state index in [0.717, 1.165) is 5.52 Å². The standard InChI is InChI=1S/C5H6N6.C5H4N4/c6-3-2-4(9-1-8-2)11-5(7)10-3;1-4-5(8-2-6-1)9-3-7-4/h1H,(H5,6,7,8,9,10,11);1-3H,(H,6,7,8,9). The van der Waals surface area contributed by atoms with Crippen molar-refractivity contribution in [2.45, 2.75) is 0 Å². The third kappa shape index (κ3) is 2.16. The highest BCUT2D eigenvalue weighted by Gasteiger charge is 2.03. The average Bonchev–Trinajstić information content (AvgIpc) is 3.06. The van der Waals surface area contributed by atoms with Crippen molar-refractivity contribution < 1.29 is 0 Å². The highest BCUT2D eigenvalue weighted by molar-refractivity contribution is 5.81.